The quantitative estimate of drug-likeness (QED) is 0.127. The molecule has 0 saturated heterocycles. The van der Waals surface area contributed by atoms with Crippen molar-refractivity contribution in [3.05, 3.63) is 173 Å². The van der Waals surface area contributed by atoms with Crippen LogP contribution in [0.15, 0.2) is 128 Å². The molecule has 0 radical (unpaired) electrons. The van der Waals surface area contributed by atoms with E-state index < -0.39 is 0 Å². The summed E-state index contributed by atoms with van der Waals surface area (Å²) in [6.07, 6.45) is 7.75. The summed E-state index contributed by atoms with van der Waals surface area (Å²) in [7, 11) is 0. The Hall–Kier alpha value is -6.62. The predicted octanol–water partition coefficient (Wildman–Crippen LogP) is 13.2. The van der Waals surface area contributed by atoms with Crippen molar-refractivity contribution in [2.45, 2.75) is 41.5 Å². The van der Waals surface area contributed by atoms with Gasteiger partial charge >= 0.3 is 21.1 Å². The third-order valence-electron chi connectivity index (χ3n) is 12.1. The molecule has 6 nitrogen and oxygen atoms in total. The Morgan fingerprint density at radius 3 is 1.67 bits per heavy atom. The molecule has 11 aromatic rings. The smallest absolute Gasteiger partial charge is 0.497 e. The molecule has 11 rings (SSSR count). The number of ether oxygens (including phenoxy) is 1. The molecule has 0 spiro atoms. The minimum absolute atomic E-state index is 0. The first-order valence-electron chi connectivity index (χ1n) is 20.0. The van der Waals surface area contributed by atoms with Gasteiger partial charge in [-0.25, -0.2) is 4.98 Å². The summed E-state index contributed by atoms with van der Waals surface area (Å²) in [6.45, 7) is 13.1. The Labute approximate surface area is 362 Å². The van der Waals surface area contributed by atoms with Crippen molar-refractivity contribution in [3.8, 4) is 45.0 Å². The Kier molecular flexibility index (Phi) is 8.96. The fourth-order valence-electron chi connectivity index (χ4n) is 9.55. The summed E-state index contributed by atoms with van der Waals surface area (Å²) < 4.78 is 11.0. The molecule has 0 N–H and O–H groups in total. The summed E-state index contributed by atoms with van der Waals surface area (Å²) in [5.41, 5.74) is 18.0. The number of aryl methyl sites for hydroxylation is 6. The van der Waals surface area contributed by atoms with Crippen LogP contribution in [-0.4, -0.2) is 23.8 Å². The summed E-state index contributed by atoms with van der Waals surface area (Å²) >= 11 is 0. The number of benzene rings is 6. The molecule has 0 unspecified atom stereocenters. The monoisotopic (exact) mass is 956 g/mol. The largest absolute Gasteiger partial charge is 2.00 e. The third kappa shape index (κ3) is 5.62. The van der Waals surface area contributed by atoms with Crippen molar-refractivity contribution in [2.24, 2.45) is 0 Å². The van der Waals surface area contributed by atoms with E-state index in [1.165, 1.54) is 55.6 Å². The minimum atomic E-state index is 0. The van der Waals surface area contributed by atoms with Gasteiger partial charge in [0.05, 0.1) is 17.0 Å². The van der Waals surface area contributed by atoms with Crippen molar-refractivity contribution >= 4 is 54.8 Å². The summed E-state index contributed by atoms with van der Waals surface area (Å²) in [4.78, 5) is 14.8. The number of hydrogen-bond acceptors (Lipinski definition) is 4. The standard InChI is InChI=1S/C53H39N5O.Pt/c1-30-11-7-12-31(2)46(30)42-23-22-40-38-20-18-36(27-43(38)51-55-25-26-57(51)50(40)49(42)48-34(5)15-9-16-35(48)6)59-37-19-21-39-41-17-10-24-54-52(41)58-45(29-56-53(58)44(39)28-37)47-32(3)13-8-14-33(47)4;/h7-26,29H,1-6H3;/q-2;+2. The van der Waals surface area contributed by atoms with Crippen molar-refractivity contribution in [3.63, 3.8) is 0 Å². The van der Waals surface area contributed by atoms with E-state index in [1.54, 1.807) is 0 Å². The number of aromatic nitrogens is 5. The van der Waals surface area contributed by atoms with Crippen LogP contribution in [0.25, 0.3) is 88.3 Å². The van der Waals surface area contributed by atoms with Crippen LogP contribution in [-0.2, 0) is 21.1 Å². The van der Waals surface area contributed by atoms with Crippen LogP contribution in [0, 0.1) is 53.7 Å². The first kappa shape index (κ1) is 37.6. The maximum Gasteiger partial charge on any atom is 2.00 e. The average Bonchev–Trinajstić information content (AvgIpc) is 3.90. The molecule has 0 aliphatic rings. The van der Waals surface area contributed by atoms with Gasteiger partial charge in [-0.15, -0.1) is 12.1 Å². The van der Waals surface area contributed by atoms with Crippen molar-refractivity contribution in [1.29, 1.82) is 0 Å². The fourth-order valence-corrected chi connectivity index (χ4v) is 9.55. The van der Waals surface area contributed by atoms with Crippen LogP contribution in [0.3, 0.4) is 0 Å². The maximum atomic E-state index is 6.65. The fraction of sp³-hybridized carbons (Fsp3) is 0.113. The maximum absolute atomic E-state index is 6.65. The molecule has 292 valence electrons. The molecule has 0 bridgehead atoms. The zero-order valence-electron chi connectivity index (χ0n) is 34.1. The van der Waals surface area contributed by atoms with E-state index in [0.29, 0.717) is 11.5 Å². The third-order valence-corrected chi connectivity index (χ3v) is 12.1. The number of pyridine rings is 3. The Morgan fingerprint density at radius 1 is 0.467 bits per heavy atom. The Balaban J connectivity index is 0.00000433. The summed E-state index contributed by atoms with van der Waals surface area (Å²) in [5, 5.41) is 5.97. The van der Waals surface area contributed by atoms with Gasteiger partial charge in [-0.05, 0) is 108 Å². The molecule has 5 heterocycles. The van der Waals surface area contributed by atoms with E-state index in [-0.39, 0.29) is 21.1 Å². The molecule has 60 heavy (non-hydrogen) atoms. The van der Waals surface area contributed by atoms with E-state index in [0.717, 1.165) is 66.0 Å². The molecule has 0 aliphatic carbocycles. The van der Waals surface area contributed by atoms with Gasteiger partial charge < -0.3 is 13.5 Å². The van der Waals surface area contributed by atoms with E-state index in [1.807, 2.05) is 36.8 Å². The Morgan fingerprint density at radius 2 is 1.02 bits per heavy atom. The minimum Gasteiger partial charge on any atom is -0.497 e. The topological polar surface area (TPSA) is 56.7 Å². The first-order valence-corrected chi connectivity index (χ1v) is 20.0. The second-order valence-corrected chi connectivity index (χ2v) is 15.8. The molecule has 0 aliphatic heterocycles. The van der Waals surface area contributed by atoms with Crippen LogP contribution in [0.1, 0.15) is 33.4 Å². The number of fused-ring (bicyclic) bond motifs is 12. The van der Waals surface area contributed by atoms with Crippen LogP contribution >= 0.6 is 0 Å². The van der Waals surface area contributed by atoms with Crippen LogP contribution in [0.2, 0.25) is 0 Å². The van der Waals surface area contributed by atoms with Gasteiger partial charge in [0, 0.05) is 52.9 Å². The molecule has 0 amide bonds. The van der Waals surface area contributed by atoms with Gasteiger partial charge in [-0.1, -0.05) is 119 Å². The molecule has 6 aromatic carbocycles. The summed E-state index contributed by atoms with van der Waals surface area (Å²) in [5.74, 6) is 1.16. The molecular formula is C53H39N5OPt. The molecule has 5 aromatic heterocycles. The molecular weight excluding hydrogens is 918 g/mol. The normalized spacial score (nSPS) is 11.7. The number of rotatable bonds is 5. The van der Waals surface area contributed by atoms with Crippen LogP contribution in [0.5, 0.6) is 11.5 Å². The van der Waals surface area contributed by atoms with Crippen LogP contribution < -0.4 is 4.74 Å². The van der Waals surface area contributed by atoms with Gasteiger partial charge in [-0.3, -0.25) is 9.97 Å². The van der Waals surface area contributed by atoms with Crippen molar-refractivity contribution < 1.29 is 25.8 Å². The van der Waals surface area contributed by atoms with Gasteiger partial charge in [0.15, 0.2) is 0 Å². The van der Waals surface area contributed by atoms with E-state index in [9.17, 15) is 0 Å². The van der Waals surface area contributed by atoms with Gasteiger partial charge in [0.25, 0.3) is 0 Å². The second-order valence-electron chi connectivity index (χ2n) is 15.8. The van der Waals surface area contributed by atoms with Crippen molar-refractivity contribution in [2.75, 3.05) is 0 Å². The predicted molar refractivity (Wildman–Crippen MR) is 241 cm³/mol. The molecule has 0 saturated carbocycles. The number of imidazole rings is 2. The molecule has 7 heteroatoms. The molecule has 0 atom stereocenters. The van der Waals surface area contributed by atoms with E-state index in [2.05, 4.69) is 154 Å². The Bertz CT molecular complexity index is 3500. The average molecular weight is 957 g/mol. The zero-order chi connectivity index (χ0) is 40.1. The van der Waals surface area contributed by atoms with Gasteiger partial charge in [-0.2, -0.15) is 0 Å². The van der Waals surface area contributed by atoms with Gasteiger partial charge in [0.1, 0.15) is 5.65 Å². The summed E-state index contributed by atoms with van der Waals surface area (Å²) in [6, 6.07) is 43.6. The van der Waals surface area contributed by atoms with Crippen LogP contribution in [0.4, 0.5) is 0 Å². The number of hydrogen-bond donors (Lipinski definition) is 0. The van der Waals surface area contributed by atoms with Crippen molar-refractivity contribution in [1.82, 2.24) is 23.8 Å². The van der Waals surface area contributed by atoms with E-state index >= 15 is 0 Å². The number of nitrogens with zero attached hydrogens (tertiary/aromatic N) is 5. The van der Waals surface area contributed by atoms with E-state index in [4.69, 9.17) is 19.7 Å². The van der Waals surface area contributed by atoms with Gasteiger partial charge in [0.2, 0.25) is 0 Å². The second kappa shape index (κ2) is 14.3. The zero-order valence-corrected chi connectivity index (χ0v) is 36.4. The first-order chi connectivity index (χ1) is 28.8. The SMILES string of the molecule is Cc1cccc(C)c1-c1ccc2c3ccc(Oc4[c-]c5c(cc4)c4cccnc4n4c(-c6c(C)cccc6C)cnc54)[c-]c3c3nccn3c2c1-c1c(C)cccc1C.[Pt+2]. The molecule has 0 fully saturated rings.